The van der Waals surface area contributed by atoms with Gasteiger partial charge in [0.15, 0.2) is 0 Å². The quantitative estimate of drug-likeness (QED) is 0.0508. The predicted octanol–water partition coefficient (Wildman–Crippen LogP) is 36.0. The molecule has 10 aromatic rings. The molecular formula is C136H176N2O4-2. The van der Waals surface area contributed by atoms with E-state index in [9.17, 15) is 10.2 Å². The van der Waals surface area contributed by atoms with Crippen LogP contribution in [0.25, 0.3) is 44.5 Å². The van der Waals surface area contributed by atoms with Gasteiger partial charge in [-0.1, -0.05) is 306 Å². The minimum absolute atomic E-state index is 0.0581. The number of hydrogen-bond acceptors (Lipinski definition) is 6. The summed E-state index contributed by atoms with van der Waals surface area (Å²) in [4.78, 5) is 4.57. The summed E-state index contributed by atoms with van der Waals surface area (Å²) < 4.78 is 0. The Morgan fingerprint density at radius 3 is 0.486 bits per heavy atom. The first kappa shape index (κ1) is 102. The molecule has 6 heteroatoms. The number of hydrogen-bond donors (Lipinski definition) is 2. The highest BCUT2D eigenvalue weighted by atomic mass is 16.3. The van der Waals surface area contributed by atoms with Crippen molar-refractivity contribution >= 4 is 34.1 Å². The third kappa shape index (κ3) is 14.4. The van der Waals surface area contributed by atoms with E-state index in [1.807, 2.05) is 36.4 Å². The molecule has 9 aliphatic carbocycles. The van der Waals surface area contributed by atoms with E-state index in [-0.39, 0.29) is 98.1 Å². The highest BCUT2D eigenvalue weighted by molar-refractivity contribution is 5.90. The lowest BCUT2D eigenvalue weighted by Gasteiger charge is -2.61. The van der Waals surface area contributed by atoms with Crippen LogP contribution in [0, 0.1) is 0 Å². The third-order valence-corrected chi connectivity index (χ3v) is 42.7. The molecule has 0 amide bonds. The Labute approximate surface area is 858 Å². The van der Waals surface area contributed by atoms with Crippen LogP contribution in [0.2, 0.25) is 0 Å². The molecule has 2 N–H and O–H groups in total. The predicted molar refractivity (Wildman–Crippen MR) is 600 cm³/mol. The summed E-state index contributed by atoms with van der Waals surface area (Å²) in [5.41, 5.74) is 41.6. The highest BCUT2D eigenvalue weighted by Crippen LogP contribution is 2.71. The summed E-state index contributed by atoms with van der Waals surface area (Å²) in [6.07, 6.45) is 23.7. The molecule has 1 saturated carbocycles. The molecule has 19 rings (SSSR count). The van der Waals surface area contributed by atoms with E-state index in [2.05, 4.69) is 353 Å². The van der Waals surface area contributed by atoms with Gasteiger partial charge in [0.05, 0.1) is 0 Å². The zero-order valence-electron chi connectivity index (χ0n) is 93.9. The van der Waals surface area contributed by atoms with Gasteiger partial charge in [-0.3, -0.25) is 0 Å². The molecule has 756 valence electrons. The van der Waals surface area contributed by atoms with Gasteiger partial charge >= 0.3 is 0 Å². The molecule has 0 unspecified atom stereocenters. The fourth-order valence-corrected chi connectivity index (χ4v) is 35.4. The maximum atomic E-state index is 15.7. The van der Waals surface area contributed by atoms with Crippen LogP contribution in [0.4, 0.5) is 34.1 Å². The molecule has 0 bridgehead atoms. The fraction of sp³-hybridized carbons (Fsp3) is 0.559. The second-order valence-electron chi connectivity index (χ2n) is 53.1. The van der Waals surface area contributed by atoms with Crippen LogP contribution in [-0.4, -0.2) is 22.4 Å². The molecule has 0 heterocycles. The summed E-state index contributed by atoms with van der Waals surface area (Å²) in [5, 5.41) is 57.4. The maximum absolute atomic E-state index is 15.7. The topological polar surface area (TPSA) is 93.1 Å². The van der Waals surface area contributed by atoms with E-state index in [1.165, 1.54) is 89.0 Å². The van der Waals surface area contributed by atoms with Crippen molar-refractivity contribution in [2.24, 2.45) is 0 Å². The van der Waals surface area contributed by atoms with Gasteiger partial charge in [0.2, 0.25) is 0 Å². The first-order chi connectivity index (χ1) is 67.0. The first-order valence-electron chi connectivity index (χ1n) is 56.9. The van der Waals surface area contributed by atoms with Crippen LogP contribution in [0.3, 0.4) is 0 Å². The summed E-state index contributed by atoms with van der Waals surface area (Å²) in [5.74, 6) is -2.31. The second kappa shape index (κ2) is 34.5. The Morgan fingerprint density at radius 2 is 0.352 bits per heavy atom. The van der Waals surface area contributed by atoms with Crippen LogP contribution in [0.1, 0.15) is 488 Å². The van der Waals surface area contributed by atoms with Crippen molar-refractivity contribution in [2.45, 2.75) is 486 Å². The van der Waals surface area contributed by atoms with Gasteiger partial charge < -0.3 is 30.2 Å². The van der Waals surface area contributed by atoms with E-state index in [0.717, 1.165) is 188 Å². The SMILES string of the molecule is CCC1(CC)CC(C)(C)c2c1cc1c(c2-c2ccc(N(c3ccc(-c4c5c(cc6c4C(C)(C)CC6(CC)CC)C(CC)(CC)CC5(C)C)cc3)c3ccc(C4C([O-])C(c5ccc(N(c6ccc(-c7c8c(cc9c7C(C)(C)CC9(CC)CC)C(CC)(CC)CC8(C)C)cc6)c6ccc(-c7c8c(cc9c7C(C)(C)CC9(CC)CC)C(CC)(CC)CC8(C)C)cc6)cc5O)C4[O-])c(O)c3)cc2)C(C)(C)CC1(CC)CC. The maximum Gasteiger partial charge on any atom is 0.121 e. The number of rotatable bonds is 28. The molecule has 0 spiro atoms. The van der Waals surface area contributed by atoms with E-state index < -0.39 is 24.0 Å². The lowest BCUT2D eigenvalue weighted by molar-refractivity contribution is -0.536. The first-order valence-corrected chi connectivity index (χ1v) is 56.9. The summed E-state index contributed by atoms with van der Waals surface area (Å²) >= 11 is 0. The second-order valence-corrected chi connectivity index (χ2v) is 53.1. The standard InChI is InChI=1S/C136H176N2O4/c1-33-129(34-2)75-121(17,18)111-95(129)71-96-112(122(19,20)76-130(96,35-3)36-4)105(111)83-49-57-87(58-50-83)137(88-59-51-84(52-60-88)106-113-97(131(37-5,38-6)77-123(113,21)22)72-98-114(106)124(23,24)78-132(98,39-7)40-8)91-65-67-93(103(139)69-91)109-119(141)110(120(109)142)94-68-66-92(70-104(94)140)138(89-61-53-85(54-62-89)107-115-99(133(41-9,42-10)79-125(115,25)26)73-100-116(107)126(27,28)80-134(100,43-11)44-12)90-63-55-86(56-64-90)108-117-101(135(45-13,46-14)81-127(117,29)30)74-102-118(108)128(31,32)82-136(102,47-15)48-16/h49-74,109-110,119-120,139-140H,33-48,75-82H2,1-32H3/q-2. The molecule has 6 nitrogen and oxygen atoms in total. The number of phenolic OH excluding ortho intramolecular Hbond substituents is 2. The lowest BCUT2D eigenvalue weighted by Crippen LogP contribution is -2.63. The molecule has 9 aliphatic rings. The number of benzene rings is 10. The zero-order chi connectivity index (χ0) is 102. The van der Waals surface area contributed by atoms with Gasteiger partial charge in [0.1, 0.15) is 11.5 Å². The minimum atomic E-state index is -1.46. The Balaban J connectivity index is 0.721. The largest absolute Gasteiger partial charge is 0.851 e. The molecule has 0 aliphatic heterocycles. The molecular weight excluding hydrogens is 1730 g/mol. The Bertz CT molecular complexity index is 5610. The molecule has 0 atom stereocenters. The summed E-state index contributed by atoms with van der Waals surface area (Å²) in [6.45, 7) is 79.0. The van der Waals surface area contributed by atoms with Crippen molar-refractivity contribution in [3.05, 3.63) is 258 Å². The van der Waals surface area contributed by atoms with Crippen molar-refractivity contribution in [1.29, 1.82) is 0 Å². The molecule has 142 heavy (non-hydrogen) atoms. The number of phenols is 2. The van der Waals surface area contributed by atoms with Gasteiger partial charge in [-0.2, -0.15) is 0 Å². The van der Waals surface area contributed by atoms with Gasteiger partial charge in [-0.25, -0.2) is 0 Å². The van der Waals surface area contributed by atoms with Gasteiger partial charge in [0.25, 0.3) is 0 Å². The van der Waals surface area contributed by atoms with Crippen molar-refractivity contribution < 1.29 is 20.4 Å². The van der Waals surface area contributed by atoms with E-state index in [1.54, 1.807) is 44.5 Å². The molecule has 0 saturated heterocycles. The Kier molecular flexibility index (Phi) is 24.7. The van der Waals surface area contributed by atoms with Crippen LogP contribution < -0.4 is 20.0 Å². The summed E-state index contributed by atoms with van der Waals surface area (Å²) in [7, 11) is 0. The molecule has 0 aromatic heterocycles. The van der Waals surface area contributed by atoms with Crippen molar-refractivity contribution in [3.8, 4) is 56.0 Å². The molecule has 1 fully saturated rings. The zero-order valence-corrected chi connectivity index (χ0v) is 93.9. The van der Waals surface area contributed by atoms with Gasteiger partial charge in [-0.05, 0) is 458 Å². The van der Waals surface area contributed by atoms with E-state index in [0.29, 0.717) is 11.1 Å². The monoisotopic (exact) mass is 1900 g/mol. The average molecular weight is 1900 g/mol. The Morgan fingerprint density at radius 1 is 0.211 bits per heavy atom. The Hall–Kier alpha value is -8.68. The van der Waals surface area contributed by atoms with Crippen LogP contribution >= 0.6 is 0 Å². The van der Waals surface area contributed by atoms with Gasteiger partial charge in [0, 0.05) is 46.3 Å². The number of fused-ring (bicyclic) bond motifs is 8. The highest BCUT2D eigenvalue weighted by Gasteiger charge is 2.61. The van der Waals surface area contributed by atoms with Gasteiger partial charge in [-0.15, -0.1) is 12.2 Å². The molecule has 0 radical (unpaired) electrons. The number of nitrogens with zero attached hydrogens (tertiary/aromatic N) is 2. The number of aromatic hydroxyl groups is 2. The normalized spacial score (nSPS) is 23.3. The third-order valence-electron chi connectivity index (χ3n) is 42.7. The lowest BCUT2D eigenvalue weighted by atomic mass is 9.63. The average Bonchev–Trinajstić information content (AvgIpc) is 1.53. The van der Waals surface area contributed by atoms with Crippen LogP contribution in [-0.2, 0) is 86.6 Å². The van der Waals surface area contributed by atoms with Crippen molar-refractivity contribution in [2.75, 3.05) is 9.80 Å². The summed E-state index contributed by atoms with van der Waals surface area (Å²) in [6, 6.07) is 60.0. The van der Waals surface area contributed by atoms with Crippen molar-refractivity contribution in [1.82, 2.24) is 0 Å². The minimum Gasteiger partial charge on any atom is -0.851 e. The van der Waals surface area contributed by atoms with E-state index >= 15 is 10.2 Å². The van der Waals surface area contributed by atoms with Crippen LogP contribution in [0.5, 0.6) is 11.5 Å². The van der Waals surface area contributed by atoms with Crippen LogP contribution in [0.15, 0.2) is 158 Å². The van der Waals surface area contributed by atoms with Crippen molar-refractivity contribution in [3.63, 3.8) is 0 Å². The fourth-order valence-electron chi connectivity index (χ4n) is 35.4. The smallest absolute Gasteiger partial charge is 0.121 e. The number of anilines is 6. The molecule has 10 aromatic carbocycles. The van der Waals surface area contributed by atoms with E-state index in [4.69, 9.17) is 0 Å².